The molecule has 0 spiro atoms. The third-order valence-electron chi connectivity index (χ3n) is 5.07. The summed E-state index contributed by atoms with van der Waals surface area (Å²) in [6, 6.07) is 16.5. The first kappa shape index (κ1) is 20.8. The van der Waals surface area contributed by atoms with Crippen LogP contribution >= 0.6 is 0 Å². The van der Waals surface area contributed by atoms with E-state index in [4.69, 9.17) is 14.4 Å². The summed E-state index contributed by atoms with van der Waals surface area (Å²) in [7, 11) is 0. The van der Waals surface area contributed by atoms with Crippen molar-refractivity contribution in [3.8, 4) is 0 Å². The molecule has 0 amide bonds. The van der Waals surface area contributed by atoms with Gasteiger partial charge in [-0.3, -0.25) is 9.98 Å². The molecule has 0 bridgehead atoms. The molecule has 0 aliphatic rings. The van der Waals surface area contributed by atoms with Crippen molar-refractivity contribution < 1.29 is 4.42 Å². The fourth-order valence-electron chi connectivity index (χ4n) is 3.41. The van der Waals surface area contributed by atoms with Crippen molar-refractivity contribution in [1.29, 1.82) is 0 Å². The molecule has 0 aliphatic heterocycles. The number of furan rings is 1. The van der Waals surface area contributed by atoms with Crippen molar-refractivity contribution in [3.05, 3.63) is 82.3 Å². The number of nitrogens with zero attached hydrogens (tertiary/aromatic N) is 2. The van der Waals surface area contributed by atoms with Gasteiger partial charge in [0, 0.05) is 0 Å². The SMILES string of the molecule is Cc1cccc(C(C)C)c1N=Cc1ccc(C=Nc2c(C)cccc2C(C)C)o1. The van der Waals surface area contributed by atoms with Crippen molar-refractivity contribution in [3.63, 3.8) is 0 Å². The average Bonchev–Trinajstić information content (AvgIpc) is 3.13. The fourth-order valence-corrected chi connectivity index (χ4v) is 3.41. The molecule has 1 heterocycles. The van der Waals surface area contributed by atoms with Crippen LogP contribution < -0.4 is 0 Å². The number of benzene rings is 2. The van der Waals surface area contributed by atoms with Gasteiger partial charge in [-0.25, -0.2) is 0 Å². The highest BCUT2D eigenvalue weighted by molar-refractivity contribution is 5.84. The first-order valence-electron chi connectivity index (χ1n) is 10.2. The number of hydrogen-bond donors (Lipinski definition) is 0. The van der Waals surface area contributed by atoms with Gasteiger partial charge in [-0.15, -0.1) is 0 Å². The van der Waals surface area contributed by atoms with E-state index in [1.807, 2.05) is 12.1 Å². The van der Waals surface area contributed by atoms with Gasteiger partial charge < -0.3 is 4.42 Å². The minimum atomic E-state index is 0.422. The van der Waals surface area contributed by atoms with Crippen LogP contribution in [0.25, 0.3) is 0 Å². The summed E-state index contributed by atoms with van der Waals surface area (Å²) < 4.78 is 5.91. The van der Waals surface area contributed by atoms with Gasteiger partial charge in [0.05, 0.1) is 23.8 Å². The molecule has 0 radical (unpaired) electrons. The van der Waals surface area contributed by atoms with Gasteiger partial charge in [-0.1, -0.05) is 64.1 Å². The van der Waals surface area contributed by atoms with Gasteiger partial charge in [-0.2, -0.15) is 0 Å². The Hall–Kier alpha value is -2.94. The number of para-hydroxylation sites is 2. The van der Waals surface area contributed by atoms with Crippen molar-refractivity contribution in [2.75, 3.05) is 0 Å². The number of aryl methyl sites for hydroxylation is 2. The monoisotopic (exact) mass is 386 g/mol. The van der Waals surface area contributed by atoms with E-state index in [2.05, 4.69) is 77.9 Å². The van der Waals surface area contributed by atoms with E-state index in [1.54, 1.807) is 12.4 Å². The topological polar surface area (TPSA) is 37.9 Å². The summed E-state index contributed by atoms with van der Waals surface area (Å²) in [5.74, 6) is 2.28. The average molecular weight is 387 g/mol. The Morgan fingerprint density at radius 3 is 1.45 bits per heavy atom. The van der Waals surface area contributed by atoms with Gasteiger partial charge in [-0.05, 0) is 60.1 Å². The zero-order valence-electron chi connectivity index (χ0n) is 18.2. The number of rotatable bonds is 6. The lowest BCUT2D eigenvalue weighted by Crippen LogP contribution is -1.91. The summed E-state index contributed by atoms with van der Waals surface area (Å²) in [6.45, 7) is 12.9. The van der Waals surface area contributed by atoms with Gasteiger partial charge in [0.25, 0.3) is 0 Å². The lowest BCUT2D eigenvalue weighted by atomic mass is 9.98. The Bertz CT molecular complexity index is 957. The van der Waals surface area contributed by atoms with E-state index in [9.17, 15) is 0 Å². The molecule has 0 aliphatic carbocycles. The molecular formula is C26H30N2O. The predicted octanol–water partition coefficient (Wildman–Crippen LogP) is 7.64. The normalized spacial score (nSPS) is 12.1. The zero-order chi connectivity index (χ0) is 21.0. The maximum atomic E-state index is 5.91. The first-order valence-corrected chi connectivity index (χ1v) is 10.2. The molecule has 3 heteroatoms. The molecule has 0 unspecified atom stereocenters. The fraction of sp³-hybridized carbons (Fsp3) is 0.308. The molecule has 0 fully saturated rings. The minimum Gasteiger partial charge on any atom is -0.454 e. The highest BCUT2D eigenvalue weighted by atomic mass is 16.3. The first-order chi connectivity index (χ1) is 13.9. The van der Waals surface area contributed by atoms with Crippen molar-refractivity contribution >= 4 is 23.8 Å². The second-order valence-electron chi connectivity index (χ2n) is 8.09. The summed E-state index contributed by atoms with van der Waals surface area (Å²) in [5.41, 5.74) is 6.88. The molecule has 3 aromatic rings. The Kier molecular flexibility index (Phi) is 6.48. The van der Waals surface area contributed by atoms with E-state index >= 15 is 0 Å². The smallest absolute Gasteiger partial charge is 0.145 e. The summed E-state index contributed by atoms with van der Waals surface area (Å²) in [4.78, 5) is 9.43. The molecular weight excluding hydrogens is 356 g/mol. The molecule has 29 heavy (non-hydrogen) atoms. The largest absolute Gasteiger partial charge is 0.454 e. The second-order valence-corrected chi connectivity index (χ2v) is 8.09. The third kappa shape index (κ3) is 4.92. The third-order valence-corrected chi connectivity index (χ3v) is 5.07. The molecule has 0 saturated carbocycles. The molecule has 0 atom stereocenters. The van der Waals surface area contributed by atoms with E-state index < -0.39 is 0 Å². The summed E-state index contributed by atoms with van der Waals surface area (Å²) in [6.07, 6.45) is 3.58. The molecule has 3 rings (SSSR count). The Labute approximate surface area is 174 Å². The lowest BCUT2D eigenvalue weighted by molar-refractivity contribution is 0.553. The van der Waals surface area contributed by atoms with E-state index in [-0.39, 0.29) is 0 Å². The van der Waals surface area contributed by atoms with Gasteiger partial charge in [0.1, 0.15) is 11.5 Å². The zero-order valence-corrected chi connectivity index (χ0v) is 18.2. The van der Waals surface area contributed by atoms with Crippen molar-refractivity contribution in [2.45, 2.75) is 53.4 Å². The quantitative estimate of drug-likeness (QED) is 0.401. The van der Waals surface area contributed by atoms with Crippen molar-refractivity contribution in [2.24, 2.45) is 9.98 Å². The molecule has 2 aromatic carbocycles. The molecule has 150 valence electrons. The molecule has 0 saturated heterocycles. The molecule has 3 nitrogen and oxygen atoms in total. The maximum absolute atomic E-state index is 5.91. The van der Waals surface area contributed by atoms with Gasteiger partial charge >= 0.3 is 0 Å². The Balaban J connectivity index is 1.83. The second kappa shape index (κ2) is 9.04. The maximum Gasteiger partial charge on any atom is 0.145 e. The van der Waals surface area contributed by atoms with Crippen LogP contribution in [0, 0.1) is 13.8 Å². The van der Waals surface area contributed by atoms with Crippen LogP contribution in [0.3, 0.4) is 0 Å². The van der Waals surface area contributed by atoms with E-state index in [1.165, 1.54) is 22.3 Å². The van der Waals surface area contributed by atoms with Gasteiger partial charge in [0.2, 0.25) is 0 Å². The minimum absolute atomic E-state index is 0.422. The summed E-state index contributed by atoms with van der Waals surface area (Å²) >= 11 is 0. The predicted molar refractivity (Wildman–Crippen MR) is 124 cm³/mol. The van der Waals surface area contributed by atoms with Crippen LogP contribution in [0.15, 0.2) is 62.9 Å². The number of hydrogen-bond acceptors (Lipinski definition) is 3. The van der Waals surface area contributed by atoms with Crippen LogP contribution in [-0.4, -0.2) is 12.4 Å². The van der Waals surface area contributed by atoms with Crippen LogP contribution in [0.4, 0.5) is 11.4 Å². The van der Waals surface area contributed by atoms with Crippen LogP contribution in [0.1, 0.15) is 73.3 Å². The van der Waals surface area contributed by atoms with E-state index in [0.717, 1.165) is 22.9 Å². The van der Waals surface area contributed by atoms with Crippen molar-refractivity contribution in [1.82, 2.24) is 0 Å². The standard InChI is InChI=1S/C26H30N2O/c1-17(2)23-11-7-9-19(5)25(23)27-15-21-13-14-22(29-21)16-28-26-20(6)10-8-12-24(26)18(3)4/h7-18H,1-6H3. The molecule has 0 N–H and O–H groups in total. The molecule has 1 aromatic heterocycles. The number of aliphatic imine (C=N–C) groups is 2. The Morgan fingerprint density at radius 2 is 1.07 bits per heavy atom. The summed E-state index contributed by atoms with van der Waals surface area (Å²) in [5, 5.41) is 0. The van der Waals surface area contributed by atoms with Gasteiger partial charge in [0.15, 0.2) is 0 Å². The van der Waals surface area contributed by atoms with Crippen LogP contribution in [0.2, 0.25) is 0 Å². The Morgan fingerprint density at radius 1 is 0.655 bits per heavy atom. The van der Waals surface area contributed by atoms with Crippen LogP contribution in [-0.2, 0) is 0 Å². The highest BCUT2D eigenvalue weighted by Crippen LogP contribution is 2.31. The van der Waals surface area contributed by atoms with E-state index in [0.29, 0.717) is 11.8 Å². The lowest BCUT2D eigenvalue weighted by Gasteiger charge is -2.11. The highest BCUT2D eigenvalue weighted by Gasteiger charge is 2.09. The van der Waals surface area contributed by atoms with Crippen LogP contribution in [0.5, 0.6) is 0 Å².